The summed E-state index contributed by atoms with van der Waals surface area (Å²) in [6.07, 6.45) is 1.55. The quantitative estimate of drug-likeness (QED) is 0.673. The average molecular weight is 285 g/mol. The van der Waals surface area contributed by atoms with Crippen LogP contribution in [0.25, 0.3) is 0 Å². The fraction of sp³-hybridized carbons (Fsp3) is 0.0833. The zero-order valence-corrected chi connectivity index (χ0v) is 11.2. The van der Waals surface area contributed by atoms with Crippen molar-refractivity contribution < 1.29 is 0 Å². The molecule has 2 aromatic rings. The Morgan fingerprint density at radius 1 is 1.18 bits per heavy atom. The lowest BCUT2D eigenvalue weighted by molar-refractivity contribution is 0.975. The molecule has 0 atom stereocenters. The van der Waals surface area contributed by atoms with E-state index in [1.165, 1.54) is 17.5 Å². The van der Waals surface area contributed by atoms with E-state index in [-0.39, 0.29) is 0 Å². The first-order chi connectivity index (χ1) is 8.25. The smallest absolute Gasteiger partial charge is 0.130 e. The van der Waals surface area contributed by atoms with Gasteiger partial charge in [0.15, 0.2) is 0 Å². The molecule has 1 aromatic heterocycles. The van der Waals surface area contributed by atoms with Crippen molar-refractivity contribution in [2.45, 2.75) is 11.4 Å². The van der Waals surface area contributed by atoms with Crippen LogP contribution in [-0.2, 0) is 6.54 Å². The zero-order valence-electron chi connectivity index (χ0n) is 8.86. The maximum Gasteiger partial charge on any atom is 0.130 e. The van der Waals surface area contributed by atoms with Gasteiger partial charge in [-0.2, -0.15) is 0 Å². The second-order valence-electron chi connectivity index (χ2n) is 3.35. The fourth-order valence-electron chi connectivity index (χ4n) is 1.27. The van der Waals surface area contributed by atoms with Crippen molar-refractivity contribution in [2.75, 3.05) is 0 Å². The lowest BCUT2D eigenvalue weighted by Gasteiger charge is -2.05. The SMILES string of the molecule is Clc1cc(SNCc2ccccc2)c(Cl)cn1. The summed E-state index contributed by atoms with van der Waals surface area (Å²) >= 11 is 13.2. The number of rotatable bonds is 4. The maximum atomic E-state index is 6.00. The van der Waals surface area contributed by atoms with E-state index >= 15 is 0 Å². The van der Waals surface area contributed by atoms with Crippen molar-refractivity contribution in [3.8, 4) is 0 Å². The molecule has 2 rings (SSSR count). The Balaban J connectivity index is 1.92. The molecule has 1 N–H and O–H groups in total. The molecule has 1 heterocycles. The molecule has 88 valence electrons. The molecule has 0 radical (unpaired) electrons. The largest absolute Gasteiger partial charge is 0.255 e. The fourth-order valence-corrected chi connectivity index (χ4v) is 2.42. The predicted molar refractivity (Wildman–Crippen MR) is 73.4 cm³/mol. The predicted octanol–water partition coefficient (Wildman–Crippen LogP) is 4.19. The Morgan fingerprint density at radius 3 is 2.71 bits per heavy atom. The summed E-state index contributed by atoms with van der Waals surface area (Å²) in [6, 6.07) is 11.9. The highest BCUT2D eigenvalue weighted by Gasteiger charge is 2.02. The second-order valence-corrected chi connectivity index (χ2v) is 5.07. The van der Waals surface area contributed by atoms with Gasteiger partial charge in [0.25, 0.3) is 0 Å². The molecular formula is C12H10Cl2N2S. The number of pyridine rings is 1. The zero-order chi connectivity index (χ0) is 12.1. The van der Waals surface area contributed by atoms with Gasteiger partial charge in [0, 0.05) is 17.6 Å². The number of hydrogen-bond donors (Lipinski definition) is 1. The number of hydrogen-bond acceptors (Lipinski definition) is 3. The van der Waals surface area contributed by atoms with E-state index in [4.69, 9.17) is 23.2 Å². The van der Waals surface area contributed by atoms with Crippen molar-refractivity contribution >= 4 is 35.1 Å². The third-order valence-corrected chi connectivity index (χ3v) is 3.55. The Kier molecular flexibility index (Phi) is 4.68. The normalized spacial score (nSPS) is 10.5. The molecule has 0 amide bonds. The Morgan fingerprint density at radius 2 is 1.94 bits per heavy atom. The van der Waals surface area contributed by atoms with Crippen LogP contribution < -0.4 is 4.72 Å². The van der Waals surface area contributed by atoms with Crippen LogP contribution in [0.4, 0.5) is 0 Å². The van der Waals surface area contributed by atoms with Crippen LogP contribution in [0.1, 0.15) is 5.56 Å². The van der Waals surface area contributed by atoms with E-state index in [1.54, 1.807) is 12.3 Å². The minimum absolute atomic E-state index is 0.443. The molecule has 0 spiro atoms. The number of aromatic nitrogens is 1. The standard InChI is InChI=1S/C12H10Cl2N2S/c13-10-8-15-12(14)6-11(10)17-16-7-9-4-2-1-3-5-9/h1-6,8,16H,7H2. The van der Waals surface area contributed by atoms with Gasteiger partial charge in [0.2, 0.25) is 0 Å². The number of nitrogens with one attached hydrogen (secondary N) is 1. The minimum atomic E-state index is 0.443. The van der Waals surface area contributed by atoms with Gasteiger partial charge in [-0.3, -0.25) is 4.72 Å². The van der Waals surface area contributed by atoms with Gasteiger partial charge >= 0.3 is 0 Å². The third-order valence-electron chi connectivity index (χ3n) is 2.09. The van der Waals surface area contributed by atoms with Crippen molar-refractivity contribution in [1.82, 2.24) is 9.71 Å². The Labute approximate surface area is 114 Å². The molecular weight excluding hydrogens is 275 g/mol. The van der Waals surface area contributed by atoms with E-state index in [0.29, 0.717) is 10.2 Å². The average Bonchev–Trinajstić information content (AvgIpc) is 2.35. The van der Waals surface area contributed by atoms with Crippen LogP contribution in [0.5, 0.6) is 0 Å². The summed E-state index contributed by atoms with van der Waals surface area (Å²) in [4.78, 5) is 4.78. The van der Waals surface area contributed by atoms with Crippen LogP contribution in [0.15, 0.2) is 47.5 Å². The molecule has 0 saturated heterocycles. The van der Waals surface area contributed by atoms with E-state index in [1.807, 2.05) is 18.2 Å². The summed E-state index contributed by atoms with van der Waals surface area (Å²) in [5.74, 6) is 0. The van der Waals surface area contributed by atoms with E-state index in [0.717, 1.165) is 11.4 Å². The number of nitrogens with zero attached hydrogens (tertiary/aromatic N) is 1. The molecule has 17 heavy (non-hydrogen) atoms. The van der Waals surface area contributed by atoms with Crippen molar-refractivity contribution in [3.63, 3.8) is 0 Å². The Bertz CT molecular complexity index is 491. The van der Waals surface area contributed by atoms with Crippen molar-refractivity contribution in [1.29, 1.82) is 0 Å². The lowest BCUT2D eigenvalue weighted by atomic mass is 10.2. The highest BCUT2D eigenvalue weighted by atomic mass is 35.5. The van der Waals surface area contributed by atoms with E-state index in [2.05, 4.69) is 21.8 Å². The monoisotopic (exact) mass is 284 g/mol. The Hall–Kier alpha value is -0.740. The molecule has 0 fully saturated rings. The summed E-state index contributed by atoms with van der Waals surface area (Å²) in [7, 11) is 0. The molecule has 0 aliphatic carbocycles. The lowest BCUT2D eigenvalue weighted by Crippen LogP contribution is -2.02. The van der Waals surface area contributed by atoms with E-state index in [9.17, 15) is 0 Å². The highest BCUT2D eigenvalue weighted by molar-refractivity contribution is 7.97. The van der Waals surface area contributed by atoms with Gasteiger partial charge < -0.3 is 0 Å². The summed E-state index contributed by atoms with van der Waals surface area (Å²) in [5.41, 5.74) is 1.22. The molecule has 0 unspecified atom stereocenters. The molecule has 0 aliphatic rings. The first-order valence-corrected chi connectivity index (χ1v) is 6.57. The summed E-state index contributed by atoms with van der Waals surface area (Å²) < 4.78 is 3.23. The minimum Gasteiger partial charge on any atom is -0.255 e. The first-order valence-electron chi connectivity index (χ1n) is 5.00. The molecule has 1 aromatic carbocycles. The van der Waals surface area contributed by atoms with Gasteiger partial charge in [-0.05, 0) is 23.6 Å². The highest BCUT2D eigenvalue weighted by Crippen LogP contribution is 2.26. The topological polar surface area (TPSA) is 24.9 Å². The van der Waals surface area contributed by atoms with Gasteiger partial charge in [-0.1, -0.05) is 53.5 Å². The first kappa shape index (κ1) is 12.7. The van der Waals surface area contributed by atoms with E-state index < -0.39 is 0 Å². The van der Waals surface area contributed by atoms with Crippen LogP contribution in [0.2, 0.25) is 10.2 Å². The maximum absolute atomic E-state index is 6.00. The van der Waals surface area contributed by atoms with Crippen molar-refractivity contribution in [2.24, 2.45) is 0 Å². The molecule has 0 saturated carbocycles. The third kappa shape index (κ3) is 3.89. The van der Waals surface area contributed by atoms with Crippen LogP contribution in [0.3, 0.4) is 0 Å². The van der Waals surface area contributed by atoms with Crippen molar-refractivity contribution in [3.05, 3.63) is 58.3 Å². The van der Waals surface area contributed by atoms with Gasteiger partial charge in [-0.25, -0.2) is 4.98 Å². The second kappa shape index (κ2) is 6.26. The number of benzene rings is 1. The number of halogens is 2. The van der Waals surface area contributed by atoms with Gasteiger partial charge in [0.1, 0.15) is 5.15 Å². The molecule has 2 nitrogen and oxygen atoms in total. The van der Waals surface area contributed by atoms with Crippen LogP contribution >= 0.6 is 35.1 Å². The molecule has 0 bridgehead atoms. The summed E-state index contributed by atoms with van der Waals surface area (Å²) in [6.45, 7) is 0.766. The van der Waals surface area contributed by atoms with Crippen LogP contribution in [0, 0.1) is 0 Å². The summed E-state index contributed by atoms with van der Waals surface area (Å²) in [5, 5.41) is 1.04. The van der Waals surface area contributed by atoms with Crippen LogP contribution in [-0.4, -0.2) is 4.98 Å². The van der Waals surface area contributed by atoms with Gasteiger partial charge in [-0.15, -0.1) is 0 Å². The molecule has 5 heteroatoms. The molecule has 0 aliphatic heterocycles. The van der Waals surface area contributed by atoms with Gasteiger partial charge in [0.05, 0.1) is 5.02 Å².